The van der Waals surface area contributed by atoms with E-state index >= 15 is 0 Å². The molecule has 0 saturated carbocycles. The van der Waals surface area contributed by atoms with Crippen molar-refractivity contribution in [3.05, 3.63) is 30.3 Å². The van der Waals surface area contributed by atoms with Gasteiger partial charge in [-0.15, -0.1) is 0 Å². The number of fused-ring (bicyclic) bond motifs is 1. The summed E-state index contributed by atoms with van der Waals surface area (Å²) < 4.78 is 26.4. The van der Waals surface area contributed by atoms with Crippen LogP contribution in [0.5, 0.6) is 0 Å². The lowest BCUT2D eigenvalue weighted by Gasteiger charge is -2.17. The second kappa shape index (κ2) is 4.08. The zero-order valence-corrected chi connectivity index (χ0v) is 10.4. The van der Waals surface area contributed by atoms with Crippen molar-refractivity contribution < 1.29 is 8.42 Å². The zero-order chi connectivity index (χ0) is 11.9. The Morgan fingerprint density at radius 2 is 1.65 bits per heavy atom. The Morgan fingerprint density at radius 3 is 2.24 bits per heavy atom. The summed E-state index contributed by atoms with van der Waals surface area (Å²) in [7, 11) is -3.28. The summed E-state index contributed by atoms with van der Waals surface area (Å²) in [5.41, 5.74) is 0. The number of rotatable bonds is 2. The molecule has 0 bridgehead atoms. The minimum atomic E-state index is -3.28. The molecule has 2 atom stereocenters. The summed E-state index contributed by atoms with van der Waals surface area (Å²) in [6, 6.07) is 8.71. The van der Waals surface area contributed by atoms with Crippen molar-refractivity contribution in [3.63, 3.8) is 0 Å². The van der Waals surface area contributed by atoms with Gasteiger partial charge in [0.15, 0.2) is 0 Å². The number of hydrogen-bond acceptors (Lipinski definition) is 3. The molecule has 17 heavy (non-hydrogen) atoms. The predicted octanol–water partition coefficient (Wildman–Crippen LogP) is 0.526. The first-order valence-corrected chi connectivity index (χ1v) is 7.38. The third-order valence-corrected chi connectivity index (χ3v) is 5.58. The van der Waals surface area contributed by atoms with Gasteiger partial charge in [0, 0.05) is 13.1 Å². The van der Waals surface area contributed by atoms with Crippen molar-refractivity contribution in [2.24, 2.45) is 11.8 Å². The first-order valence-electron chi connectivity index (χ1n) is 5.94. The molecule has 0 aliphatic carbocycles. The van der Waals surface area contributed by atoms with Gasteiger partial charge < -0.3 is 5.32 Å². The second-order valence-electron chi connectivity index (χ2n) is 4.81. The number of hydrogen-bond donors (Lipinski definition) is 1. The molecule has 3 rings (SSSR count). The number of nitrogens with one attached hydrogen (secondary N) is 1. The van der Waals surface area contributed by atoms with Crippen molar-refractivity contribution in [2.45, 2.75) is 4.90 Å². The smallest absolute Gasteiger partial charge is 0.243 e. The molecule has 2 aliphatic rings. The van der Waals surface area contributed by atoms with Crippen molar-refractivity contribution in [1.82, 2.24) is 9.62 Å². The number of nitrogens with zero attached hydrogens (tertiary/aromatic N) is 1. The van der Waals surface area contributed by atoms with Gasteiger partial charge >= 0.3 is 0 Å². The van der Waals surface area contributed by atoms with Gasteiger partial charge in [0.05, 0.1) is 4.90 Å². The van der Waals surface area contributed by atoms with Crippen LogP contribution in [0, 0.1) is 11.8 Å². The maximum atomic E-state index is 12.4. The molecular weight excluding hydrogens is 236 g/mol. The lowest BCUT2D eigenvalue weighted by atomic mass is 10.0. The summed E-state index contributed by atoms with van der Waals surface area (Å²) in [4.78, 5) is 0.410. The minimum absolute atomic E-state index is 0.410. The van der Waals surface area contributed by atoms with Crippen LogP contribution >= 0.6 is 0 Å². The third-order valence-electron chi connectivity index (χ3n) is 3.74. The second-order valence-corrected chi connectivity index (χ2v) is 6.75. The summed E-state index contributed by atoms with van der Waals surface area (Å²) in [5.74, 6) is 0.988. The Bertz CT molecular complexity index is 488. The summed E-state index contributed by atoms with van der Waals surface area (Å²) in [5, 5.41) is 3.31. The van der Waals surface area contributed by atoms with Crippen LogP contribution in [0.1, 0.15) is 0 Å². The zero-order valence-electron chi connectivity index (χ0n) is 9.54. The molecule has 4 nitrogen and oxygen atoms in total. The lowest BCUT2D eigenvalue weighted by Crippen LogP contribution is -2.31. The van der Waals surface area contributed by atoms with Crippen LogP contribution in [-0.4, -0.2) is 38.9 Å². The van der Waals surface area contributed by atoms with Crippen LogP contribution in [-0.2, 0) is 10.0 Å². The molecule has 0 unspecified atom stereocenters. The predicted molar refractivity (Wildman–Crippen MR) is 65.1 cm³/mol. The monoisotopic (exact) mass is 252 g/mol. The van der Waals surface area contributed by atoms with Crippen molar-refractivity contribution in [2.75, 3.05) is 26.2 Å². The first-order chi connectivity index (χ1) is 8.18. The number of sulfonamides is 1. The summed E-state index contributed by atoms with van der Waals surface area (Å²) in [6.45, 7) is 3.22. The molecule has 5 heteroatoms. The quantitative estimate of drug-likeness (QED) is 0.835. The highest BCUT2D eigenvalue weighted by Crippen LogP contribution is 2.30. The Hall–Kier alpha value is -0.910. The normalized spacial score (nSPS) is 29.4. The molecule has 0 amide bonds. The van der Waals surface area contributed by atoms with Gasteiger partial charge in [-0.2, -0.15) is 4.31 Å². The van der Waals surface area contributed by atoms with E-state index < -0.39 is 10.0 Å². The van der Waals surface area contributed by atoms with E-state index in [-0.39, 0.29) is 0 Å². The van der Waals surface area contributed by atoms with E-state index in [2.05, 4.69) is 5.32 Å². The molecule has 2 heterocycles. The Morgan fingerprint density at radius 1 is 1.06 bits per heavy atom. The average Bonchev–Trinajstić information content (AvgIpc) is 2.90. The first kappa shape index (κ1) is 11.2. The van der Waals surface area contributed by atoms with Gasteiger partial charge in [0.2, 0.25) is 10.0 Å². The van der Waals surface area contributed by atoms with Gasteiger partial charge in [0.1, 0.15) is 0 Å². The molecule has 1 aromatic rings. The van der Waals surface area contributed by atoms with E-state index in [0.717, 1.165) is 13.1 Å². The Kier molecular flexibility index (Phi) is 2.69. The molecule has 2 aliphatic heterocycles. The molecule has 2 fully saturated rings. The molecular formula is C12H16N2O2S. The topological polar surface area (TPSA) is 49.4 Å². The largest absolute Gasteiger partial charge is 0.316 e. The van der Waals surface area contributed by atoms with Crippen molar-refractivity contribution >= 4 is 10.0 Å². The highest BCUT2D eigenvalue weighted by molar-refractivity contribution is 7.89. The van der Waals surface area contributed by atoms with Crippen LogP contribution in [0.4, 0.5) is 0 Å². The maximum absolute atomic E-state index is 12.4. The van der Waals surface area contributed by atoms with E-state index in [1.807, 2.05) is 6.07 Å². The fraction of sp³-hybridized carbons (Fsp3) is 0.500. The van der Waals surface area contributed by atoms with Crippen molar-refractivity contribution in [1.29, 1.82) is 0 Å². The van der Waals surface area contributed by atoms with E-state index in [0.29, 0.717) is 29.8 Å². The minimum Gasteiger partial charge on any atom is -0.316 e. The molecule has 0 radical (unpaired) electrons. The Balaban J connectivity index is 1.86. The van der Waals surface area contributed by atoms with E-state index in [4.69, 9.17) is 0 Å². The molecule has 0 spiro atoms. The summed E-state index contributed by atoms with van der Waals surface area (Å²) in [6.07, 6.45) is 0. The van der Waals surface area contributed by atoms with Crippen LogP contribution in [0.25, 0.3) is 0 Å². The van der Waals surface area contributed by atoms with Gasteiger partial charge in [-0.25, -0.2) is 8.42 Å². The fourth-order valence-electron chi connectivity index (χ4n) is 2.75. The van der Waals surface area contributed by atoms with E-state index in [1.54, 1.807) is 28.6 Å². The average molecular weight is 252 g/mol. The molecule has 1 N–H and O–H groups in total. The fourth-order valence-corrected chi connectivity index (χ4v) is 4.32. The Labute approximate surface area is 102 Å². The van der Waals surface area contributed by atoms with Gasteiger partial charge in [0.25, 0.3) is 0 Å². The van der Waals surface area contributed by atoms with Crippen LogP contribution in [0.15, 0.2) is 35.2 Å². The molecule has 2 saturated heterocycles. The molecule has 1 aromatic carbocycles. The van der Waals surface area contributed by atoms with E-state index in [1.165, 1.54) is 0 Å². The third kappa shape index (κ3) is 1.88. The van der Waals surface area contributed by atoms with Crippen molar-refractivity contribution in [3.8, 4) is 0 Å². The molecule has 92 valence electrons. The van der Waals surface area contributed by atoms with E-state index in [9.17, 15) is 8.42 Å². The van der Waals surface area contributed by atoms with Gasteiger partial charge in [-0.05, 0) is 37.1 Å². The van der Waals surface area contributed by atoms with Crippen LogP contribution in [0.3, 0.4) is 0 Å². The van der Waals surface area contributed by atoms with Crippen LogP contribution in [0.2, 0.25) is 0 Å². The SMILES string of the molecule is O=S(=O)(c1ccccc1)N1C[C@H]2CNC[C@@H]2C1. The van der Waals surface area contributed by atoms with Crippen LogP contribution < -0.4 is 5.32 Å². The van der Waals surface area contributed by atoms with Gasteiger partial charge in [-0.3, -0.25) is 0 Å². The summed E-state index contributed by atoms with van der Waals surface area (Å²) >= 11 is 0. The number of benzene rings is 1. The highest BCUT2D eigenvalue weighted by Gasteiger charge is 2.41. The lowest BCUT2D eigenvalue weighted by molar-refractivity contribution is 0.448. The maximum Gasteiger partial charge on any atom is 0.243 e. The highest BCUT2D eigenvalue weighted by atomic mass is 32.2. The molecule has 0 aromatic heterocycles. The van der Waals surface area contributed by atoms with Gasteiger partial charge in [-0.1, -0.05) is 18.2 Å². The standard InChI is InChI=1S/C12H16N2O2S/c15-17(16,12-4-2-1-3-5-12)14-8-10-6-13-7-11(10)9-14/h1-5,10-11,13H,6-9H2/t10-,11-/m1/s1.